The molecule has 0 spiro atoms. The summed E-state index contributed by atoms with van der Waals surface area (Å²) in [6.07, 6.45) is 0. The zero-order valence-corrected chi connectivity index (χ0v) is 9.47. The number of hydrogen-bond acceptors (Lipinski definition) is 3. The molecule has 0 saturated heterocycles. The van der Waals surface area contributed by atoms with Gasteiger partial charge in [-0.2, -0.15) is 0 Å². The third-order valence-electron chi connectivity index (χ3n) is 1.66. The van der Waals surface area contributed by atoms with Crippen molar-refractivity contribution in [2.24, 2.45) is 5.11 Å². The summed E-state index contributed by atoms with van der Waals surface area (Å²) in [5.41, 5.74) is 8.61. The van der Waals surface area contributed by atoms with Gasteiger partial charge in [0.05, 0.1) is 5.56 Å². The van der Waals surface area contributed by atoms with Crippen LogP contribution in [0.4, 0.5) is 5.69 Å². The number of carbonyl (C=O) groups is 1. The van der Waals surface area contributed by atoms with Crippen LogP contribution in [-0.4, -0.2) is 11.6 Å². The van der Waals surface area contributed by atoms with Gasteiger partial charge in [-0.15, -0.1) is 0 Å². The molecule has 1 rings (SSSR count). The normalized spacial score (nSPS) is 10.4. The van der Waals surface area contributed by atoms with Crippen LogP contribution < -0.4 is 0 Å². The molecule has 5 heteroatoms. The highest BCUT2D eigenvalue weighted by Gasteiger charge is 2.17. The molecule has 5 nitrogen and oxygen atoms in total. The highest BCUT2D eigenvalue weighted by molar-refractivity contribution is 5.90. The Morgan fingerprint density at radius 2 is 1.88 bits per heavy atom. The average molecular weight is 219 g/mol. The van der Waals surface area contributed by atoms with Crippen molar-refractivity contribution in [1.82, 2.24) is 0 Å². The van der Waals surface area contributed by atoms with E-state index in [0.717, 1.165) is 0 Å². The van der Waals surface area contributed by atoms with Crippen molar-refractivity contribution in [3.63, 3.8) is 0 Å². The Balaban J connectivity index is 2.82. The molecule has 1 aromatic rings. The van der Waals surface area contributed by atoms with E-state index in [4.69, 9.17) is 10.3 Å². The molecule has 84 valence electrons. The number of ether oxygens (including phenoxy) is 1. The predicted octanol–water partition coefficient (Wildman–Crippen LogP) is 3.58. The smallest absolute Gasteiger partial charge is 0.338 e. The zero-order valence-electron chi connectivity index (χ0n) is 9.47. The van der Waals surface area contributed by atoms with Crippen LogP contribution in [0.1, 0.15) is 31.1 Å². The summed E-state index contributed by atoms with van der Waals surface area (Å²) in [4.78, 5) is 14.3. The topological polar surface area (TPSA) is 75.1 Å². The van der Waals surface area contributed by atoms with Gasteiger partial charge in [0.25, 0.3) is 0 Å². The summed E-state index contributed by atoms with van der Waals surface area (Å²) in [7, 11) is 0. The summed E-state index contributed by atoms with van der Waals surface area (Å²) < 4.78 is 5.18. The molecule has 0 heterocycles. The Labute approximate surface area is 93.7 Å². The number of rotatable bonds is 2. The van der Waals surface area contributed by atoms with Crippen LogP contribution in [0.3, 0.4) is 0 Å². The van der Waals surface area contributed by atoms with Crippen LogP contribution in [0.2, 0.25) is 0 Å². The van der Waals surface area contributed by atoms with Crippen molar-refractivity contribution >= 4 is 11.7 Å². The minimum atomic E-state index is -0.513. The minimum Gasteiger partial charge on any atom is -0.456 e. The zero-order chi connectivity index (χ0) is 12.2. The molecule has 0 radical (unpaired) electrons. The van der Waals surface area contributed by atoms with Gasteiger partial charge in [0.15, 0.2) is 0 Å². The van der Waals surface area contributed by atoms with E-state index >= 15 is 0 Å². The Kier molecular flexibility index (Phi) is 3.53. The summed E-state index contributed by atoms with van der Waals surface area (Å²) >= 11 is 0. The monoisotopic (exact) mass is 219 g/mol. The van der Waals surface area contributed by atoms with Gasteiger partial charge in [-0.25, -0.2) is 4.79 Å². The van der Waals surface area contributed by atoms with Gasteiger partial charge in [-0.3, -0.25) is 0 Å². The third kappa shape index (κ3) is 3.63. The van der Waals surface area contributed by atoms with Gasteiger partial charge >= 0.3 is 5.97 Å². The van der Waals surface area contributed by atoms with Gasteiger partial charge < -0.3 is 4.74 Å². The fourth-order valence-electron chi connectivity index (χ4n) is 1.05. The molecule has 0 amide bonds. The van der Waals surface area contributed by atoms with Gasteiger partial charge in [0.2, 0.25) is 0 Å². The molecule has 0 N–H and O–H groups in total. The summed E-state index contributed by atoms with van der Waals surface area (Å²) in [5, 5.41) is 3.41. The van der Waals surface area contributed by atoms with Crippen LogP contribution in [0.15, 0.2) is 29.4 Å². The van der Waals surface area contributed by atoms with E-state index in [2.05, 4.69) is 10.0 Å². The maximum atomic E-state index is 11.6. The lowest BCUT2D eigenvalue weighted by molar-refractivity contribution is 0.00696. The number of nitrogens with zero attached hydrogens (tertiary/aromatic N) is 3. The number of carbonyl (C=O) groups excluding carboxylic acids is 1. The molecule has 0 saturated carbocycles. The van der Waals surface area contributed by atoms with E-state index < -0.39 is 5.60 Å². The van der Waals surface area contributed by atoms with Crippen molar-refractivity contribution in [2.45, 2.75) is 26.4 Å². The number of azide groups is 1. The first kappa shape index (κ1) is 12.1. The Morgan fingerprint density at radius 3 is 2.31 bits per heavy atom. The second-order valence-electron chi connectivity index (χ2n) is 4.24. The van der Waals surface area contributed by atoms with Crippen molar-refractivity contribution in [3.05, 3.63) is 40.3 Å². The lowest BCUT2D eigenvalue weighted by Crippen LogP contribution is -2.23. The standard InChI is InChI=1S/C11H13N3O2/c1-11(2,3)16-10(15)8-4-6-9(7-5-8)13-14-12/h4-7H,1-3H3. The third-order valence-corrected chi connectivity index (χ3v) is 1.66. The van der Waals surface area contributed by atoms with E-state index in [-0.39, 0.29) is 5.97 Å². The first-order valence-electron chi connectivity index (χ1n) is 4.81. The first-order chi connectivity index (χ1) is 7.42. The molecule has 0 aliphatic carbocycles. The predicted molar refractivity (Wildman–Crippen MR) is 60.4 cm³/mol. The van der Waals surface area contributed by atoms with Gasteiger partial charge in [-0.1, -0.05) is 17.2 Å². The van der Waals surface area contributed by atoms with Gasteiger partial charge in [-0.05, 0) is 38.4 Å². The summed E-state index contributed by atoms with van der Waals surface area (Å²) in [6.45, 7) is 5.41. The highest BCUT2D eigenvalue weighted by Crippen LogP contribution is 2.16. The molecule has 0 atom stereocenters. The minimum absolute atomic E-state index is 0.389. The summed E-state index contributed by atoms with van der Waals surface area (Å²) in [5.74, 6) is -0.389. The molecular formula is C11H13N3O2. The fraction of sp³-hybridized carbons (Fsp3) is 0.364. The largest absolute Gasteiger partial charge is 0.456 e. The number of hydrogen-bond donors (Lipinski definition) is 0. The van der Waals surface area contributed by atoms with E-state index in [1.54, 1.807) is 45.0 Å². The van der Waals surface area contributed by atoms with E-state index in [1.807, 2.05) is 0 Å². The van der Waals surface area contributed by atoms with Crippen molar-refractivity contribution in [2.75, 3.05) is 0 Å². The van der Waals surface area contributed by atoms with E-state index in [1.165, 1.54) is 0 Å². The first-order valence-corrected chi connectivity index (χ1v) is 4.81. The molecular weight excluding hydrogens is 206 g/mol. The van der Waals surface area contributed by atoms with Gasteiger partial charge in [0.1, 0.15) is 5.60 Å². The molecule has 0 aliphatic rings. The van der Waals surface area contributed by atoms with Crippen molar-refractivity contribution in [3.8, 4) is 0 Å². The lowest BCUT2D eigenvalue weighted by Gasteiger charge is -2.19. The molecule has 0 aliphatic heterocycles. The van der Waals surface area contributed by atoms with Crippen LogP contribution in [-0.2, 0) is 4.74 Å². The van der Waals surface area contributed by atoms with Crippen LogP contribution in [0, 0.1) is 0 Å². The van der Waals surface area contributed by atoms with Crippen LogP contribution in [0.25, 0.3) is 10.4 Å². The van der Waals surface area contributed by atoms with Crippen molar-refractivity contribution < 1.29 is 9.53 Å². The molecule has 1 aromatic carbocycles. The van der Waals surface area contributed by atoms with E-state index in [9.17, 15) is 4.79 Å². The summed E-state index contributed by atoms with van der Waals surface area (Å²) in [6, 6.07) is 6.27. The maximum absolute atomic E-state index is 11.6. The number of benzene rings is 1. The van der Waals surface area contributed by atoms with Gasteiger partial charge in [0, 0.05) is 10.6 Å². The van der Waals surface area contributed by atoms with E-state index in [0.29, 0.717) is 11.3 Å². The lowest BCUT2D eigenvalue weighted by atomic mass is 10.1. The molecule has 16 heavy (non-hydrogen) atoms. The quantitative estimate of drug-likeness (QED) is 0.330. The second-order valence-corrected chi connectivity index (χ2v) is 4.24. The second kappa shape index (κ2) is 4.68. The Bertz CT molecular complexity index is 426. The SMILES string of the molecule is CC(C)(C)OC(=O)c1ccc(N=[N+]=[N-])cc1. The van der Waals surface area contributed by atoms with Crippen molar-refractivity contribution in [1.29, 1.82) is 0 Å². The molecule has 0 aromatic heterocycles. The maximum Gasteiger partial charge on any atom is 0.338 e. The number of esters is 1. The molecule has 0 fully saturated rings. The molecule has 0 bridgehead atoms. The highest BCUT2D eigenvalue weighted by atomic mass is 16.6. The fourth-order valence-corrected chi connectivity index (χ4v) is 1.05. The molecule has 0 unspecified atom stereocenters. The average Bonchev–Trinajstić information content (AvgIpc) is 2.16. The Hall–Kier alpha value is -2.00. The Morgan fingerprint density at radius 1 is 1.31 bits per heavy atom. The van der Waals surface area contributed by atoms with Crippen LogP contribution in [0.5, 0.6) is 0 Å². The van der Waals surface area contributed by atoms with Crippen LogP contribution >= 0.6 is 0 Å².